The number of hydrogen-bond acceptors (Lipinski definition) is 4. The lowest BCUT2D eigenvalue weighted by molar-refractivity contribution is -0.143. The van der Waals surface area contributed by atoms with Crippen LogP contribution in [0.3, 0.4) is 0 Å². The topological polar surface area (TPSA) is 84.9 Å². The smallest absolute Gasteiger partial charge is 0.328 e. The molecule has 0 aliphatic heterocycles. The highest BCUT2D eigenvalue weighted by Gasteiger charge is 2.19. The zero-order valence-electron chi connectivity index (χ0n) is 11.6. The van der Waals surface area contributed by atoms with E-state index in [1.807, 2.05) is 24.3 Å². The SMILES string of the molecule is COCC(NC(=O)CCc1ccccc1OC)C(=O)O. The van der Waals surface area contributed by atoms with Gasteiger partial charge in [0.2, 0.25) is 5.91 Å². The van der Waals surface area contributed by atoms with Gasteiger partial charge in [-0.15, -0.1) is 0 Å². The number of amides is 1. The van der Waals surface area contributed by atoms with E-state index in [1.54, 1.807) is 7.11 Å². The zero-order chi connectivity index (χ0) is 15.0. The molecule has 20 heavy (non-hydrogen) atoms. The third kappa shape index (κ3) is 4.89. The highest BCUT2D eigenvalue weighted by Crippen LogP contribution is 2.18. The number of carbonyl (C=O) groups excluding carboxylic acids is 1. The molecule has 6 nitrogen and oxygen atoms in total. The van der Waals surface area contributed by atoms with Gasteiger partial charge < -0.3 is 19.9 Å². The first-order valence-corrected chi connectivity index (χ1v) is 6.21. The van der Waals surface area contributed by atoms with Crippen molar-refractivity contribution in [2.24, 2.45) is 0 Å². The van der Waals surface area contributed by atoms with Crippen LogP contribution in [0.4, 0.5) is 0 Å². The van der Waals surface area contributed by atoms with E-state index in [-0.39, 0.29) is 18.9 Å². The zero-order valence-corrected chi connectivity index (χ0v) is 11.6. The van der Waals surface area contributed by atoms with E-state index in [2.05, 4.69) is 5.32 Å². The Labute approximate surface area is 117 Å². The number of aryl methyl sites for hydroxylation is 1. The summed E-state index contributed by atoms with van der Waals surface area (Å²) in [5, 5.41) is 11.3. The molecule has 0 radical (unpaired) electrons. The average Bonchev–Trinajstić information content (AvgIpc) is 2.44. The van der Waals surface area contributed by atoms with Gasteiger partial charge in [0, 0.05) is 13.5 Å². The molecule has 0 aliphatic carbocycles. The Kier molecular flexibility index (Phi) is 6.52. The predicted molar refractivity (Wildman–Crippen MR) is 72.8 cm³/mol. The Morgan fingerprint density at radius 3 is 2.60 bits per heavy atom. The first-order valence-electron chi connectivity index (χ1n) is 6.21. The van der Waals surface area contributed by atoms with Gasteiger partial charge in [0.05, 0.1) is 13.7 Å². The van der Waals surface area contributed by atoms with Crippen LogP contribution in [0, 0.1) is 0 Å². The monoisotopic (exact) mass is 281 g/mol. The Morgan fingerprint density at radius 2 is 2.00 bits per heavy atom. The first kappa shape index (κ1) is 16.0. The highest BCUT2D eigenvalue weighted by molar-refractivity contribution is 5.83. The molecule has 0 aromatic heterocycles. The van der Waals surface area contributed by atoms with Crippen molar-refractivity contribution in [1.29, 1.82) is 0 Å². The summed E-state index contributed by atoms with van der Waals surface area (Å²) in [6.07, 6.45) is 0.670. The van der Waals surface area contributed by atoms with Gasteiger partial charge in [-0.25, -0.2) is 4.79 Å². The molecular weight excluding hydrogens is 262 g/mol. The van der Waals surface area contributed by atoms with Crippen molar-refractivity contribution in [3.63, 3.8) is 0 Å². The van der Waals surface area contributed by atoms with Crippen LogP contribution >= 0.6 is 0 Å². The number of benzene rings is 1. The number of carboxylic acid groups (broad SMARTS) is 1. The Balaban J connectivity index is 2.52. The van der Waals surface area contributed by atoms with E-state index in [0.717, 1.165) is 5.56 Å². The van der Waals surface area contributed by atoms with E-state index in [0.29, 0.717) is 12.2 Å². The molecular formula is C14H19NO5. The molecule has 1 amide bonds. The highest BCUT2D eigenvalue weighted by atomic mass is 16.5. The summed E-state index contributed by atoms with van der Waals surface area (Å²) in [5.41, 5.74) is 0.906. The minimum atomic E-state index is -1.11. The number of nitrogens with one attached hydrogen (secondary N) is 1. The van der Waals surface area contributed by atoms with Crippen LogP contribution in [0.15, 0.2) is 24.3 Å². The van der Waals surface area contributed by atoms with Gasteiger partial charge in [-0.3, -0.25) is 4.79 Å². The van der Waals surface area contributed by atoms with Crippen molar-refractivity contribution in [1.82, 2.24) is 5.32 Å². The summed E-state index contributed by atoms with van der Waals surface area (Å²) in [7, 11) is 2.95. The van der Waals surface area contributed by atoms with Gasteiger partial charge in [0.1, 0.15) is 5.75 Å². The third-order valence-electron chi connectivity index (χ3n) is 2.78. The molecule has 1 unspecified atom stereocenters. The van der Waals surface area contributed by atoms with Crippen molar-refractivity contribution in [2.45, 2.75) is 18.9 Å². The summed E-state index contributed by atoms with van der Waals surface area (Å²) in [6, 6.07) is 6.38. The fourth-order valence-electron chi connectivity index (χ4n) is 1.77. The molecule has 6 heteroatoms. The van der Waals surface area contributed by atoms with Crippen LogP contribution in [0.5, 0.6) is 5.75 Å². The Bertz CT molecular complexity index is 461. The maximum absolute atomic E-state index is 11.7. The van der Waals surface area contributed by atoms with Gasteiger partial charge in [-0.1, -0.05) is 18.2 Å². The molecule has 0 aliphatic rings. The second kappa shape index (κ2) is 8.16. The minimum Gasteiger partial charge on any atom is -0.496 e. The standard InChI is InChI=1S/C14H19NO5/c1-19-9-11(14(17)18)15-13(16)8-7-10-5-3-4-6-12(10)20-2/h3-6,11H,7-9H2,1-2H3,(H,15,16)(H,17,18). The number of carbonyl (C=O) groups is 2. The summed E-state index contributed by atoms with van der Waals surface area (Å²) in [5.74, 6) is -0.732. The van der Waals surface area contributed by atoms with Crippen molar-refractivity contribution in [2.75, 3.05) is 20.8 Å². The van der Waals surface area contributed by atoms with Crippen LogP contribution in [-0.2, 0) is 20.7 Å². The van der Waals surface area contributed by atoms with Crippen LogP contribution < -0.4 is 10.1 Å². The summed E-state index contributed by atoms with van der Waals surface area (Å²) in [4.78, 5) is 22.6. The maximum Gasteiger partial charge on any atom is 0.328 e. The molecule has 1 aromatic rings. The van der Waals surface area contributed by atoms with Crippen LogP contribution in [0.25, 0.3) is 0 Å². The van der Waals surface area contributed by atoms with Crippen LogP contribution in [0.2, 0.25) is 0 Å². The molecule has 1 rings (SSSR count). The Hall–Kier alpha value is -2.08. The van der Waals surface area contributed by atoms with Crippen LogP contribution in [-0.4, -0.2) is 43.9 Å². The fraction of sp³-hybridized carbons (Fsp3) is 0.429. The fourth-order valence-corrected chi connectivity index (χ4v) is 1.77. The molecule has 0 spiro atoms. The number of methoxy groups -OCH3 is 2. The third-order valence-corrected chi connectivity index (χ3v) is 2.78. The lowest BCUT2D eigenvalue weighted by Gasteiger charge is -2.13. The molecule has 0 saturated heterocycles. The van der Waals surface area contributed by atoms with Crippen molar-refractivity contribution < 1.29 is 24.2 Å². The number of rotatable bonds is 8. The molecule has 1 aromatic carbocycles. The van der Waals surface area contributed by atoms with E-state index in [1.165, 1.54) is 7.11 Å². The lowest BCUT2D eigenvalue weighted by Crippen LogP contribution is -2.43. The number of aliphatic carboxylic acids is 1. The van der Waals surface area contributed by atoms with Crippen molar-refractivity contribution in [3.8, 4) is 5.75 Å². The van der Waals surface area contributed by atoms with Crippen molar-refractivity contribution in [3.05, 3.63) is 29.8 Å². The van der Waals surface area contributed by atoms with E-state index < -0.39 is 12.0 Å². The lowest BCUT2D eigenvalue weighted by atomic mass is 10.1. The van der Waals surface area contributed by atoms with E-state index in [4.69, 9.17) is 14.6 Å². The molecule has 110 valence electrons. The first-order chi connectivity index (χ1) is 9.58. The second-order valence-corrected chi connectivity index (χ2v) is 4.23. The number of ether oxygens (including phenoxy) is 2. The largest absolute Gasteiger partial charge is 0.496 e. The summed E-state index contributed by atoms with van der Waals surface area (Å²) >= 11 is 0. The summed E-state index contributed by atoms with van der Waals surface area (Å²) < 4.78 is 9.94. The Morgan fingerprint density at radius 1 is 1.30 bits per heavy atom. The molecule has 0 saturated carbocycles. The second-order valence-electron chi connectivity index (χ2n) is 4.23. The normalized spacial score (nSPS) is 11.7. The molecule has 2 N–H and O–H groups in total. The van der Waals surface area contributed by atoms with Gasteiger partial charge in [0.15, 0.2) is 6.04 Å². The quantitative estimate of drug-likeness (QED) is 0.737. The number of carboxylic acids is 1. The van der Waals surface area contributed by atoms with E-state index >= 15 is 0 Å². The predicted octanol–water partition coefficient (Wildman–Crippen LogP) is 0.844. The van der Waals surface area contributed by atoms with Gasteiger partial charge in [-0.2, -0.15) is 0 Å². The van der Waals surface area contributed by atoms with E-state index in [9.17, 15) is 9.59 Å². The minimum absolute atomic E-state index is 0.0598. The van der Waals surface area contributed by atoms with Crippen LogP contribution in [0.1, 0.15) is 12.0 Å². The molecule has 0 bridgehead atoms. The van der Waals surface area contributed by atoms with Gasteiger partial charge in [-0.05, 0) is 18.1 Å². The van der Waals surface area contributed by atoms with Gasteiger partial charge >= 0.3 is 5.97 Å². The maximum atomic E-state index is 11.7. The molecule has 1 atom stereocenters. The van der Waals surface area contributed by atoms with Crippen molar-refractivity contribution >= 4 is 11.9 Å². The molecule has 0 heterocycles. The summed E-state index contributed by atoms with van der Waals surface area (Å²) in [6.45, 7) is -0.0598. The number of hydrogen-bond donors (Lipinski definition) is 2. The molecule has 0 fully saturated rings. The average molecular weight is 281 g/mol. The van der Waals surface area contributed by atoms with Gasteiger partial charge in [0.25, 0.3) is 0 Å². The number of para-hydroxylation sites is 1.